The van der Waals surface area contributed by atoms with Crippen molar-refractivity contribution in [3.05, 3.63) is 35.9 Å². The Hall–Kier alpha value is -2.24. The van der Waals surface area contributed by atoms with Gasteiger partial charge in [-0.1, -0.05) is 43.2 Å². The van der Waals surface area contributed by atoms with Gasteiger partial charge in [-0.2, -0.15) is 0 Å². The lowest BCUT2D eigenvalue weighted by atomic mass is 9.66. The van der Waals surface area contributed by atoms with Crippen LogP contribution in [0.4, 0.5) is 9.59 Å². The number of rotatable bonds is 2. The third-order valence-corrected chi connectivity index (χ3v) is 7.10. The van der Waals surface area contributed by atoms with E-state index in [0.717, 1.165) is 44.2 Å². The Morgan fingerprint density at radius 1 is 1.03 bits per heavy atom. The van der Waals surface area contributed by atoms with Crippen molar-refractivity contribution in [3.8, 4) is 0 Å². The number of benzene rings is 1. The smallest absolute Gasteiger partial charge is 0.410 e. The summed E-state index contributed by atoms with van der Waals surface area (Å²) in [6.45, 7) is 8.09. The van der Waals surface area contributed by atoms with Crippen LogP contribution in [0.15, 0.2) is 30.3 Å². The van der Waals surface area contributed by atoms with Gasteiger partial charge in [-0.05, 0) is 57.9 Å². The molecule has 0 N–H and O–H groups in total. The van der Waals surface area contributed by atoms with Crippen LogP contribution in [0, 0.1) is 11.3 Å². The third-order valence-electron chi connectivity index (χ3n) is 7.10. The van der Waals surface area contributed by atoms with Crippen LogP contribution in [0.1, 0.15) is 64.9 Å². The molecule has 31 heavy (non-hydrogen) atoms. The predicted molar refractivity (Wildman–Crippen MR) is 119 cm³/mol. The summed E-state index contributed by atoms with van der Waals surface area (Å²) in [5, 5.41) is 0. The van der Waals surface area contributed by atoms with Gasteiger partial charge in [0, 0.05) is 31.1 Å². The number of hydrogen-bond donors (Lipinski definition) is 0. The van der Waals surface area contributed by atoms with Crippen molar-refractivity contribution in [1.29, 1.82) is 0 Å². The molecule has 0 aromatic heterocycles. The summed E-state index contributed by atoms with van der Waals surface area (Å²) in [6, 6.07) is 10.0. The Labute approximate surface area is 185 Å². The zero-order chi connectivity index (χ0) is 22.1. The summed E-state index contributed by atoms with van der Waals surface area (Å²) < 4.78 is 11.4. The van der Waals surface area contributed by atoms with Crippen LogP contribution in [0.2, 0.25) is 0 Å². The second kappa shape index (κ2) is 8.71. The molecule has 0 bridgehead atoms. The fourth-order valence-corrected chi connectivity index (χ4v) is 5.85. The molecule has 1 aromatic carbocycles. The molecule has 1 spiro atoms. The number of nitrogens with zero attached hydrogens (tertiary/aromatic N) is 2. The minimum Gasteiger partial charge on any atom is -0.445 e. The molecule has 0 radical (unpaired) electrons. The zero-order valence-corrected chi connectivity index (χ0v) is 19.1. The lowest BCUT2D eigenvalue weighted by Crippen LogP contribution is -2.51. The van der Waals surface area contributed by atoms with Gasteiger partial charge in [-0.3, -0.25) is 0 Å². The molecule has 3 fully saturated rings. The highest BCUT2D eigenvalue weighted by Gasteiger charge is 2.56. The molecule has 3 atom stereocenters. The average molecular weight is 429 g/mol. The number of amides is 2. The van der Waals surface area contributed by atoms with Crippen molar-refractivity contribution in [1.82, 2.24) is 9.80 Å². The summed E-state index contributed by atoms with van der Waals surface area (Å²) in [5.41, 5.74) is 0.447. The first-order chi connectivity index (χ1) is 14.8. The van der Waals surface area contributed by atoms with E-state index in [9.17, 15) is 9.59 Å². The predicted octanol–water partition coefficient (Wildman–Crippen LogP) is 5.21. The summed E-state index contributed by atoms with van der Waals surface area (Å²) in [6.07, 6.45) is 6.05. The number of ether oxygens (including phenoxy) is 2. The summed E-state index contributed by atoms with van der Waals surface area (Å²) in [7, 11) is 0. The standard InChI is InChI=1S/C25H36N2O4/c1-24(2,3)31-22(28)26-15-9-14-25(17-26)18-27(21-13-8-7-12-20(21)25)23(29)30-16-19-10-5-4-6-11-19/h4-6,10-11,20-21H,7-9,12-18H2,1-3H3/t20-,21+,25?/m0/s1. The molecule has 1 unspecified atom stereocenters. The Bertz CT molecular complexity index is 790. The van der Waals surface area contributed by atoms with Gasteiger partial charge >= 0.3 is 12.2 Å². The number of likely N-dealkylation sites (tertiary alicyclic amines) is 2. The topological polar surface area (TPSA) is 59.1 Å². The molecule has 1 saturated carbocycles. The Balaban J connectivity index is 1.47. The van der Waals surface area contributed by atoms with E-state index >= 15 is 0 Å². The molecule has 2 saturated heterocycles. The minimum absolute atomic E-state index is 0.0496. The maximum atomic E-state index is 13.1. The van der Waals surface area contributed by atoms with E-state index < -0.39 is 5.60 Å². The summed E-state index contributed by atoms with van der Waals surface area (Å²) >= 11 is 0. The quantitative estimate of drug-likeness (QED) is 0.648. The van der Waals surface area contributed by atoms with E-state index in [1.54, 1.807) is 0 Å². The van der Waals surface area contributed by atoms with Crippen LogP contribution in [-0.2, 0) is 16.1 Å². The lowest BCUT2D eigenvalue weighted by Gasteiger charge is -2.45. The first-order valence-electron chi connectivity index (χ1n) is 11.7. The monoisotopic (exact) mass is 428 g/mol. The van der Waals surface area contributed by atoms with Crippen LogP contribution < -0.4 is 0 Å². The van der Waals surface area contributed by atoms with Crippen molar-refractivity contribution >= 4 is 12.2 Å². The van der Waals surface area contributed by atoms with E-state index in [1.165, 1.54) is 6.42 Å². The Morgan fingerprint density at radius 3 is 2.52 bits per heavy atom. The van der Waals surface area contributed by atoms with Gasteiger partial charge in [0.15, 0.2) is 0 Å². The third kappa shape index (κ3) is 4.83. The lowest BCUT2D eigenvalue weighted by molar-refractivity contribution is -0.00437. The highest BCUT2D eigenvalue weighted by Crippen LogP contribution is 2.52. The van der Waals surface area contributed by atoms with Gasteiger partial charge in [0.05, 0.1) is 0 Å². The number of carbonyl (C=O) groups excluding carboxylic acids is 2. The van der Waals surface area contributed by atoms with Crippen LogP contribution in [-0.4, -0.2) is 53.3 Å². The van der Waals surface area contributed by atoms with Gasteiger partial charge in [0.1, 0.15) is 12.2 Å². The Morgan fingerprint density at radius 2 is 1.77 bits per heavy atom. The number of carbonyl (C=O) groups is 2. The molecule has 1 aliphatic carbocycles. The van der Waals surface area contributed by atoms with Crippen LogP contribution in [0.5, 0.6) is 0 Å². The molecule has 1 aromatic rings. The number of fused-ring (bicyclic) bond motifs is 2. The molecule has 6 nitrogen and oxygen atoms in total. The Kier molecular flexibility index (Phi) is 6.18. The van der Waals surface area contributed by atoms with Crippen LogP contribution in [0.25, 0.3) is 0 Å². The van der Waals surface area contributed by atoms with E-state index in [2.05, 4.69) is 0 Å². The fraction of sp³-hybridized carbons (Fsp3) is 0.680. The molecule has 2 amide bonds. The van der Waals surface area contributed by atoms with Gasteiger partial charge in [-0.25, -0.2) is 9.59 Å². The maximum Gasteiger partial charge on any atom is 0.410 e. The maximum absolute atomic E-state index is 13.1. The molecular weight excluding hydrogens is 392 g/mol. The second-order valence-electron chi connectivity index (χ2n) is 10.5. The van der Waals surface area contributed by atoms with E-state index in [-0.39, 0.29) is 23.6 Å². The number of piperidine rings is 1. The number of hydrogen-bond acceptors (Lipinski definition) is 4. The molecule has 2 aliphatic heterocycles. The van der Waals surface area contributed by atoms with Gasteiger partial charge in [0.2, 0.25) is 0 Å². The molecular formula is C25H36N2O4. The van der Waals surface area contributed by atoms with Crippen molar-refractivity contribution < 1.29 is 19.1 Å². The summed E-state index contributed by atoms with van der Waals surface area (Å²) in [4.78, 5) is 29.7. The van der Waals surface area contributed by atoms with E-state index in [4.69, 9.17) is 9.47 Å². The highest BCUT2D eigenvalue weighted by atomic mass is 16.6. The normalized spacial score (nSPS) is 28.4. The SMILES string of the molecule is CC(C)(C)OC(=O)N1CCCC2(C1)CN(C(=O)OCc1ccccc1)[C@@H]1CCCC[C@@H]12. The van der Waals surface area contributed by atoms with E-state index in [0.29, 0.717) is 25.6 Å². The highest BCUT2D eigenvalue weighted by molar-refractivity contribution is 5.70. The summed E-state index contributed by atoms with van der Waals surface area (Å²) in [5.74, 6) is 0.427. The van der Waals surface area contributed by atoms with Crippen molar-refractivity contribution in [3.63, 3.8) is 0 Å². The molecule has 170 valence electrons. The van der Waals surface area contributed by atoms with Gasteiger partial charge < -0.3 is 19.3 Å². The first-order valence-corrected chi connectivity index (χ1v) is 11.7. The molecule has 3 aliphatic rings. The van der Waals surface area contributed by atoms with Crippen molar-refractivity contribution in [2.24, 2.45) is 11.3 Å². The first kappa shape index (κ1) is 22.0. The largest absolute Gasteiger partial charge is 0.445 e. The van der Waals surface area contributed by atoms with Crippen LogP contribution in [0.3, 0.4) is 0 Å². The van der Waals surface area contributed by atoms with Crippen LogP contribution >= 0.6 is 0 Å². The molecule has 2 heterocycles. The van der Waals surface area contributed by atoms with E-state index in [1.807, 2.05) is 60.9 Å². The minimum atomic E-state index is -0.502. The zero-order valence-electron chi connectivity index (χ0n) is 19.1. The van der Waals surface area contributed by atoms with Crippen molar-refractivity contribution in [2.75, 3.05) is 19.6 Å². The fourth-order valence-electron chi connectivity index (χ4n) is 5.85. The molecule has 4 rings (SSSR count). The van der Waals surface area contributed by atoms with Gasteiger partial charge in [0.25, 0.3) is 0 Å². The molecule has 6 heteroatoms. The van der Waals surface area contributed by atoms with Gasteiger partial charge in [-0.15, -0.1) is 0 Å². The average Bonchev–Trinajstić information content (AvgIpc) is 3.06. The second-order valence-corrected chi connectivity index (χ2v) is 10.5. The van der Waals surface area contributed by atoms with Crippen molar-refractivity contribution in [2.45, 2.75) is 77.5 Å².